The van der Waals surface area contributed by atoms with Crippen LogP contribution in [0, 0.1) is 0 Å². The van der Waals surface area contributed by atoms with E-state index in [0.29, 0.717) is 23.7 Å². The van der Waals surface area contributed by atoms with Crippen molar-refractivity contribution in [2.45, 2.75) is 19.8 Å². The van der Waals surface area contributed by atoms with E-state index in [0.717, 1.165) is 12.8 Å². The zero-order valence-electron chi connectivity index (χ0n) is 11.5. The van der Waals surface area contributed by atoms with Crippen LogP contribution in [-0.4, -0.2) is 29.8 Å². The van der Waals surface area contributed by atoms with Crippen molar-refractivity contribution in [2.75, 3.05) is 13.7 Å². The van der Waals surface area contributed by atoms with Crippen LogP contribution in [0.4, 0.5) is 0 Å². The number of ether oxygens (including phenoxy) is 1. The number of carbonyl (C=O) groups is 1. The number of unbranched alkanes of at least 4 members (excludes halogenated alkanes) is 1. The van der Waals surface area contributed by atoms with Gasteiger partial charge in [0, 0.05) is 12.1 Å². The summed E-state index contributed by atoms with van der Waals surface area (Å²) in [5.74, 6) is 0.609. The number of aromatic nitrogens is 2. The van der Waals surface area contributed by atoms with E-state index in [1.54, 1.807) is 13.2 Å². The highest BCUT2D eigenvalue weighted by atomic mass is 16.5. The lowest BCUT2D eigenvalue weighted by Crippen LogP contribution is -2.24. The van der Waals surface area contributed by atoms with Gasteiger partial charge in [0.2, 0.25) is 5.89 Å². The van der Waals surface area contributed by atoms with Gasteiger partial charge >= 0.3 is 11.8 Å². The van der Waals surface area contributed by atoms with E-state index < -0.39 is 0 Å². The Labute approximate surface area is 117 Å². The van der Waals surface area contributed by atoms with Crippen molar-refractivity contribution in [1.29, 1.82) is 0 Å². The highest BCUT2D eigenvalue weighted by Crippen LogP contribution is 2.22. The van der Waals surface area contributed by atoms with Crippen LogP contribution in [0.3, 0.4) is 0 Å². The van der Waals surface area contributed by atoms with Crippen molar-refractivity contribution in [3.8, 4) is 17.2 Å². The molecule has 1 amide bonds. The summed E-state index contributed by atoms with van der Waals surface area (Å²) >= 11 is 0. The molecule has 1 aromatic heterocycles. The predicted octanol–water partition coefficient (Wildman–Crippen LogP) is 2.28. The van der Waals surface area contributed by atoms with Gasteiger partial charge in [0.25, 0.3) is 0 Å². The highest BCUT2D eigenvalue weighted by Gasteiger charge is 2.15. The summed E-state index contributed by atoms with van der Waals surface area (Å²) in [6.45, 7) is 2.66. The van der Waals surface area contributed by atoms with Gasteiger partial charge in [0.15, 0.2) is 0 Å². The van der Waals surface area contributed by atoms with E-state index in [1.165, 1.54) is 0 Å². The molecular weight excluding hydrogens is 258 g/mol. The SMILES string of the molecule is CCCCNC(=O)c1nnc(-c2cccc(OC)c2)o1. The first-order chi connectivity index (χ1) is 9.74. The van der Waals surface area contributed by atoms with Gasteiger partial charge < -0.3 is 14.5 Å². The van der Waals surface area contributed by atoms with E-state index >= 15 is 0 Å². The third-order valence-corrected chi connectivity index (χ3v) is 2.75. The Morgan fingerprint density at radius 3 is 3.00 bits per heavy atom. The molecule has 106 valence electrons. The van der Waals surface area contributed by atoms with E-state index in [9.17, 15) is 4.79 Å². The fraction of sp³-hybridized carbons (Fsp3) is 0.357. The van der Waals surface area contributed by atoms with Gasteiger partial charge in [0.05, 0.1) is 7.11 Å². The third-order valence-electron chi connectivity index (χ3n) is 2.75. The smallest absolute Gasteiger partial charge is 0.308 e. The second-order valence-corrected chi connectivity index (χ2v) is 4.25. The minimum Gasteiger partial charge on any atom is -0.497 e. The van der Waals surface area contributed by atoms with Gasteiger partial charge in [0.1, 0.15) is 5.75 Å². The zero-order chi connectivity index (χ0) is 14.4. The van der Waals surface area contributed by atoms with Crippen molar-refractivity contribution in [1.82, 2.24) is 15.5 Å². The molecule has 0 aliphatic carbocycles. The van der Waals surface area contributed by atoms with Gasteiger partial charge in [-0.3, -0.25) is 4.79 Å². The lowest BCUT2D eigenvalue weighted by molar-refractivity contribution is 0.0919. The van der Waals surface area contributed by atoms with Gasteiger partial charge in [-0.15, -0.1) is 10.2 Å². The van der Waals surface area contributed by atoms with Crippen molar-refractivity contribution in [3.05, 3.63) is 30.2 Å². The molecule has 2 rings (SSSR count). The average molecular weight is 275 g/mol. The summed E-state index contributed by atoms with van der Waals surface area (Å²) in [4.78, 5) is 11.8. The Morgan fingerprint density at radius 2 is 2.25 bits per heavy atom. The zero-order valence-corrected chi connectivity index (χ0v) is 11.5. The van der Waals surface area contributed by atoms with Crippen molar-refractivity contribution in [3.63, 3.8) is 0 Å². The van der Waals surface area contributed by atoms with Gasteiger partial charge in [-0.05, 0) is 24.6 Å². The number of rotatable bonds is 6. The molecular formula is C14H17N3O3. The van der Waals surface area contributed by atoms with Crippen LogP contribution >= 0.6 is 0 Å². The number of hydrogen-bond donors (Lipinski definition) is 1. The molecule has 1 N–H and O–H groups in total. The van der Waals surface area contributed by atoms with Gasteiger partial charge in [-0.2, -0.15) is 0 Å². The molecule has 0 spiro atoms. The molecule has 1 heterocycles. The monoisotopic (exact) mass is 275 g/mol. The molecule has 0 atom stereocenters. The first-order valence-electron chi connectivity index (χ1n) is 6.50. The standard InChI is InChI=1S/C14H17N3O3/c1-3-4-8-15-12(18)14-17-16-13(20-14)10-6-5-7-11(9-10)19-2/h5-7,9H,3-4,8H2,1-2H3,(H,15,18). The molecule has 0 saturated heterocycles. The summed E-state index contributed by atoms with van der Waals surface area (Å²) in [6.07, 6.45) is 1.93. The fourth-order valence-corrected chi connectivity index (χ4v) is 1.64. The Balaban J connectivity index is 2.09. The van der Waals surface area contributed by atoms with E-state index in [2.05, 4.69) is 22.4 Å². The largest absolute Gasteiger partial charge is 0.497 e. The Kier molecular flexibility index (Phi) is 4.70. The lowest BCUT2D eigenvalue weighted by atomic mass is 10.2. The normalized spacial score (nSPS) is 10.3. The van der Waals surface area contributed by atoms with Crippen LogP contribution in [-0.2, 0) is 0 Å². The van der Waals surface area contributed by atoms with Crippen LogP contribution in [0.15, 0.2) is 28.7 Å². The molecule has 0 unspecified atom stereocenters. The van der Waals surface area contributed by atoms with Crippen LogP contribution in [0.2, 0.25) is 0 Å². The van der Waals surface area contributed by atoms with Crippen molar-refractivity contribution in [2.24, 2.45) is 0 Å². The summed E-state index contributed by atoms with van der Waals surface area (Å²) in [6, 6.07) is 7.22. The van der Waals surface area contributed by atoms with Gasteiger partial charge in [-0.25, -0.2) is 0 Å². The number of benzene rings is 1. The molecule has 1 aromatic carbocycles. The predicted molar refractivity (Wildman–Crippen MR) is 73.5 cm³/mol. The summed E-state index contributed by atoms with van der Waals surface area (Å²) in [7, 11) is 1.58. The van der Waals surface area contributed by atoms with Crippen molar-refractivity contribution < 1.29 is 13.9 Å². The molecule has 6 nitrogen and oxygen atoms in total. The van der Waals surface area contributed by atoms with E-state index in [4.69, 9.17) is 9.15 Å². The first-order valence-corrected chi connectivity index (χ1v) is 6.50. The Bertz CT molecular complexity index is 581. The maximum atomic E-state index is 11.8. The van der Waals surface area contributed by atoms with Crippen molar-refractivity contribution >= 4 is 5.91 Å². The lowest BCUT2D eigenvalue weighted by Gasteiger charge is -2.00. The molecule has 0 radical (unpaired) electrons. The minimum atomic E-state index is -0.347. The molecule has 0 fully saturated rings. The molecule has 0 aliphatic rings. The summed E-state index contributed by atoms with van der Waals surface area (Å²) < 4.78 is 10.5. The molecule has 0 saturated carbocycles. The number of nitrogens with one attached hydrogen (secondary N) is 1. The molecule has 2 aromatic rings. The van der Waals surface area contributed by atoms with Crippen LogP contribution in [0.25, 0.3) is 11.5 Å². The Hall–Kier alpha value is -2.37. The van der Waals surface area contributed by atoms with E-state index in [1.807, 2.05) is 18.2 Å². The van der Waals surface area contributed by atoms with Gasteiger partial charge in [-0.1, -0.05) is 19.4 Å². The maximum Gasteiger partial charge on any atom is 0.308 e. The second kappa shape index (κ2) is 6.70. The number of hydrogen-bond acceptors (Lipinski definition) is 5. The quantitative estimate of drug-likeness (QED) is 0.818. The van der Waals surface area contributed by atoms with Crippen LogP contribution < -0.4 is 10.1 Å². The minimum absolute atomic E-state index is 0.0288. The topological polar surface area (TPSA) is 77.2 Å². The third kappa shape index (κ3) is 3.34. The van der Waals surface area contributed by atoms with Crippen LogP contribution in [0.1, 0.15) is 30.5 Å². The fourth-order valence-electron chi connectivity index (χ4n) is 1.64. The average Bonchev–Trinajstić information content (AvgIpc) is 2.97. The molecule has 0 bridgehead atoms. The number of carbonyl (C=O) groups excluding carboxylic acids is 1. The van der Waals surface area contributed by atoms with E-state index in [-0.39, 0.29) is 11.8 Å². The number of amides is 1. The highest BCUT2D eigenvalue weighted by molar-refractivity contribution is 5.89. The molecule has 20 heavy (non-hydrogen) atoms. The maximum absolute atomic E-state index is 11.8. The van der Waals surface area contributed by atoms with Crippen LogP contribution in [0.5, 0.6) is 5.75 Å². The Morgan fingerprint density at radius 1 is 1.40 bits per heavy atom. The summed E-state index contributed by atoms with van der Waals surface area (Å²) in [5.41, 5.74) is 0.712. The molecule has 0 aliphatic heterocycles. The number of methoxy groups -OCH3 is 1. The number of nitrogens with zero attached hydrogens (tertiary/aromatic N) is 2. The summed E-state index contributed by atoms with van der Waals surface area (Å²) in [5, 5.41) is 10.4. The second-order valence-electron chi connectivity index (χ2n) is 4.25. The first kappa shape index (κ1) is 14.0. The molecule has 6 heteroatoms.